The van der Waals surface area contributed by atoms with Gasteiger partial charge < -0.3 is 9.30 Å². The van der Waals surface area contributed by atoms with Crippen molar-refractivity contribution in [3.05, 3.63) is 70.2 Å². The highest BCUT2D eigenvalue weighted by molar-refractivity contribution is 7.13. The van der Waals surface area contributed by atoms with Gasteiger partial charge in [-0.05, 0) is 25.0 Å². The minimum atomic E-state index is -0.352. The molecule has 2 aromatic rings. The van der Waals surface area contributed by atoms with Crippen LogP contribution in [0.15, 0.2) is 59.1 Å². The van der Waals surface area contributed by atoms with Gasteiger partial charge in [0.15, 0.2) is 5.13 Å². The zero-order chi connectivity index (χ0) is 20.5. The molecule has 152 valence electrons. The van der Waals surface area contributed by atoms with Crippen molar-refractivity contribution < 1.29 is 9.53 Å². The van der Waals surface area contributed by atoms with E-state index in [0.29, 0.717) is 34.2 Å². The molecule has 0 radical (unpaired) electrons. The molecule has 4 heterocycles. The second-order valence-electron chi connectivity index (χ2n) is 7.11. The summed E-state index contributed by atoms with van der Waals surface area (Å²) in [4.78, 5) is 30.3. The number of hydrogen-bond donors (Lipinski definition) is 1. The molecule has 3 aliphatic rings. The number of aromatic nitrogens is 4. The summed E-state index contributed by atoms with van der Waals surface area (Å²) < 4.78 is 8.92. The molecule has 1 atom stereocenters. The fraction of sp³-hybridized carbons (Fsp3) is 0.238. The van der Waals surface area contributed by atoms with Crippen LogP contribution in [0, 0.1) is 0 Å². The third-order valence-corrected chi connectivity index (χ3v) is 5.75. The van der Waals surface area contributed by atoms with E-state index < -0.39 is 0 Å². The Morgan fingerprint density at radius 2 is 2.13 bits per heavy atom. The van der Waals surface area contributed by atoms with Crippen LogP contribution in [0.5, 0.6) is 0 Å². The number of nitrogens with one attached hydrogen (secondary N) is 1. The molecule has 1 amide bonds. The first kappa shape index (κ1) is 18.7. The average Bonchev–Trinajstić information content (AvgIpc) is 3.51. The zero-order valence-electron chi connectivity index (χ0n) is 16.0. The van der Waals surface area contributed by atoms with E-state index in [-0.39, 0.29) is 17.6 Å². The Hall–Kier alpha value is -3.30. The van der Waals surface area contributed by atoms with Crippen LogP contribution < -0.4 is 10.9 Å². The standard InChI is InChI=1S/C21H19N5O3S/c27-19(23-21-22-8-10-30-21)16-12-25(11-15-7-4-9-29-15)13-17-18(16)24-26(20(17)28)14-5-2-1-3-6-14/h1-3,5-6,8,10,12-13,15H,4,7,9,11H2,(H,22,23,27)/t15-/m1/s1. The fourth-order valence-electron chi connectivity index (χ4n) is 3.65. The van der Waals surface area contributed by atoms with Gasteiger partial charge in [0.05, 0.1) is 22.9 Å². The van der Waals surface area contributed by atoms with Crippen molar-refractivity contribution in [3.8, 4) is 16.9 Å². The van der Waals surface area contributed by atoms with Crippen molar-refractivity contribution in [1.29, 1.82) is 0 Å². The molecule has 3 aliphatic heterocycles. The van der Waals surface area contributed by atoms with E-state index in [2.05, 4.69) is 15.4 Å². The van der Waals surface area contributed by atoms with Gasteiger partial charge in [-0.25, -0.2) is 4.98 Å². The average molecular weight is 421 g/mol. The first-order valence-electron chi connectivity index (χ1n) is 9.70. The molecule has 5 rings (SSSR count). The van der Waals surface area contributed by atoms with Crippen LogP contribution in [0.25, 0.3) is 16.9 Å². The number of fused-ring (bicyclic) bond motifs is 1. The molecule has 1 saturated heterocycles. The van der Waals surface area contributed by atoms with Crippen molar-refractivity contribution in [1.82, 2.24) is 19.3 Å². The Labute approximate surface area is 176 Å². The van der Waals surface area contributed by atoms with E-state index in [1.54, 1.807) is 24.0 Å². The normalized spacial score (nSPS) is 16.2. The lowest BCUT2D eigenvalue weighted by molar-refractivity contribution is 0.0961. The molecule has 1 aromatic heterocycles. The zero-order valence-corrected chi connectivity index (χ0v) is 16.8. The maximum absolute atomic E-state index is 13.1. The van der Waals surface area contributed by atoms with E-state index in [1.807, 2.05) is 34.9 Å². The first-order valence-corrected chi connectivity index (χ1v) is 10.6. The molecule has 0 aliphatic carbocycles. The lowest BCUT2D eigenvalue weighted by atomic mass is 10.1. The number of thiazole rings is 1. The number of carbonyl (C=O) groups excluding carboxylic acids is 1. The van der Waals surface area contributed by atoms with Gasteiger partial charge in [-0.15, -0.1) is 11.3 Å². The van der Waals surface area contributed by atoms with Crippen molar-refractivity contribution >= 4 is 22.4 Å². The number of amides is 1. The highest BCUT2D eigenvalue weighted by Gasteiger charge is 2.26. The predicted molar refractivity (Wildman–Crippen MR) is 113 cm³/mol. The van der Waals surface area contributed by atoms with Crippen LogP contribution in [-0.4, -0.2) is 37.9 Å². The van der Waals surface area contributed by atoms with Gasteiger partial charge >= 0.3 is 0 Å². The maximum Gasteiger partial charge on any atom is 0.282 e. The number of hydrogen-bond acceptors (Lipinski definition) is 6. The molecule has 1 aromatic carbocycles. The van der Waals surface area contributed by atoms with Gasteiger partial charge in [0.25, 0.3) is 11.5 Å². The molecule has 0 saturated carbocycles. The van der Waals surface area contributed by atoms with Gasteiger partial charge in [0.1, 0.15) is 5.69 Å². The summed E-state index contributed by atoms with van der Waals surface area (Å²) in [6, 6.07) is 9.18. The number of ether oxygens (including phenoxy) is 1. The number of carbonyl (C=O) groups is 1. The van der Waals surface area contributed by atoms with Crippen molar-refractivity contribution in [2.24, 2.45) is 0 Å². The SMILES string of the molecule is O=C(Nc1nccs1)c1cn(C[C@H]2CCCO2)cc2c(=O)n(-c3ccccc3)nc1-2. The minimum absolute atomic E-state index is 0.0709. The molecular weight excluding hydrogens is 402 g/mol. The quantitative estimate of drug-likeness (QED) is 0.535. The highest BCUT2D eigenvalue weighted by Crippen LogP contribution is 2.25. The molecule has 9 heteroatoms. The first-order chi connectivity index (χ1) is 14.7. The number of pyridine rings is 1. The Morgan fingerprint density at radius 3 is 2.87 bits per heavy atom. The number of para-hydroxylation sites is 1. The van der Waals surface area contributed by atoms with Crippen LogP contribution in [0.2, 0.25) is 0 Å². The summed E-state index contributed by atoms with van der Waals surface area (Å²) in [6.45, 7) is 1.31. The van der Waals surface area contributed by atoms with Gasteiger partial charge in [0, 0.05) is 37.1 Å². The van der Waals surface area contributed by atoms with Gasteiger partial charge in [-0.1, -0.05) is 18.2 Å². The molecule has 1 N–H and O–H groups in total. The molecule has 0 bridgehead atoms. The van der Waals surface area contributed by atoms with Gasteiger partial charge in [-0.2, -0.15) is 9.78 Å². The van der Waals surface area contributed by atoms with Crippen molar-refractivity contribution in [2.75, 3.05) is 11.9 Å². The lowest BCUT2D eigenvalue weighted by Gasteiger charge is -2.15. The summed E-state index contributed by atoms with van der Waals surface area (Å²) >= 11 is 1.33. The van der Waals surface area contributed by atoms with E-state index in [4.69, 9.17) is 4.74 Å². The minimum Gasteiger partial charge on any atom is -0.376 e. The van der Waals surface area contributed by atoms with E-state index in [1.165, 1.54) is 16.0 Å². The van der Waals surface area contributed by atoms with Crippen LogP contribution in [0.4, 0.5) is 5.13 Å². The monoisotopic (exact) mass is 421 g/mol. The molecule has 0 spiro atoms. The third kappa shape index (κ3) is 3.53. The number of anilines is 1. The summed E-state index contributed by atoms with van der Waals surface area (Å²) in [5.74, 6) is -0.352. The van der Waals surface area contributed by atoms with E-state index in [9.17, 15) is 9.59 Å². The van der Waals surface area contributed by atoms with Crippen LogP contribution in [-0.2, 0) is 11.3 Å². The second kappa shape index (κ2) is 7.85. The van der Waals surface area contributed by atoms with Crippen LogP contribution in [0.1, 0.15) is 23.2 Å². The Morgan fingerprint density at radius 1 is 1.27 bits per heavy atom. The predicted octanol–water partition coefficient (Wildman–Crippen LogP) is 3.03. The number of rotatable bonds is 5. The van der Waals surface area contributed by atoms with E-state index in [0.717, 1.165) is 19.4 Å². The van der Waals surface area contributed by atoms with Crippen molar-refractivity contribution in [2.45, 2.75) is 25.5 Å². The van der Waals surface area contributed by atoms with Gasteiger partial charge in [0.2, 0.25) is 0 Å². The van der Waals surface area contributed by atoms with Gasteiger partial charge in [-0.3, -0.25) is 14.9 Å². The van der Waals surface area contributed by atoms with Crippen molar-refractivity contribution in [3.63, 3.8) is 0 Å². The smallest absolute Gasteiger partial charge is 0.282 e. The maximum atomic E-state index is 13.1. The largest absolute Gasteiger partial charge is 0.376 e. The lowest BCUT2D eigenvalue weighted by Crippen LogP contribution is -2.20. The fourth-order valence-corrected chi connectivity index (χ4v) is 4.17. The summed E-state index contributed by atoms with van der Waals surface area (Å²) in [6.07, 6.45) is 7.16. The molecule has 1 fully saturated rings. The molecule has 30 heavy (non-hydrogen) atoms. The topological polar surface area (TPSA) is 91.0 Å². The number of nitrogens with zero attached hydrogens (tertiary/aromatic N) is 4. The summed E-state index contributed by atoms with van der Waals surface area (Å²) in [5, 5.41) is 9.56. The number of benzene rings is 1. The molecule has 8 nitrogen and oxygen atoms in total. The Bertz CT molecular complexity index is 1190. The Balaban J connectivity index is 1.61. The summed E-state index contributed by atoms with van der Waals surface area (Å²) in [5.41, 5.74) is 1.47. The molecular formula is C21H19N5O3S. The molecule has 0 unspecified atom stereocenters. The van der Waals surface area contributed by atoms with Crippen LogP contribution >= 0.6 is 11.3 Å². The van der Waals surface area contributed by atoms with E-state index >= 15 is 0 Å². The Kier molecular flexibility index (Phi) is 4.89. The second-order valence-corrected chi connectivity index (χ2v) is 8.00. The highest BCUT2D eigenvalue weighted by atomic mass is 32.1. The third-order valence-electron chi connectivity index (χ3n) is 5.06. The van der Waals surface area contributed by atoms with Crippen LogP contribution in [0.3, 0.4) is 0 Å². The summed E-state index contributed by atoms with van der Waals surface area (Å²) in [7, 11) is 0.